The Morgan fingerprint density at radius 3 is 2.44 bits per heavy atom. The van der Waals surface area contributed by atoms with E-state index in [1.807, 2.05) is 13.8 Å². The number of carbonyl (C=O) groups excluding carboxylic acids is 1. The number of rotatable bonds is 5. The summed E-state index contributed by atoms with van der Waals surface area (Å²) < 4.78 is 0. The molecule has 1 aromatic rings. The fourth-order valence-electron chi connectivity index (χ4n) is 1.31. The minimum atomic E-state index is -0.524. The Bertz CT molecular complexity index is 418. The zero-order valence-electron chi connectivity index (χ0n) is 11.8. The SMILES string of the molecule is CC(C)(CNCc1nc(C(C)(C)C)cs1)C(N)=O. The number of amides is 1. The molecule has 0 spiro atoms. The van der Waals surface area contributed by atoms with Crippen LogP contribution in [0.2, 0.25) is 0 Å². The number of thiazole rings is 1. The van der Waals surface area contributed by atoms with Crippen molar-refractivity contribution in [3.8, 4) is 0 Å². The van der Waals surface area contributed by atoms with Crippen LogP contribution in [0.1, 0.15) is 45.3 Å². The number of hydrogen-bond acceptors (Lipinski definition) is 4. The van der Waals surface area contributed by atoms with Gasteiger partial charge in [-0.3, -0.25) is 4.79 Å². The van der Waals surface area contributed by atoms with Gasteiger partial charge in [0.1, 0.15) is 5.01 Å². The summed E-state index contributed by atoms with van der Waals surface area (Å²) >= 11 is 1.65. The lowest BCUT2D eigenvalue weighted by atomic mass is 9.93. The van der Waals surface area contributed by atoms with Gasteiger partial charge in [0.05, 0.1) is 11.1 Å². The first-order valence-corrected chi connectivity index (χ1v) is 6.96. The summed E-state index contributed by atoms with van der Waals surface area (Å²) in [5.74, 6) is -0.287. The predicted molar refractivity (Wildman–Crippen MR) is 75.5 cm³/mol. The van der Waals surface area contributed by atoms with Crippen LogP contribution in [0.5, 0.6) is 0 Å². The van der Waals surface area contributed by atoms with Crippen molar-refractivity contribution in [2.75, 3.05) is 6.54 Å². The topological polar surface area (TPSA) is 68.0 Å². The Morgan fingerprint density at radius 2 is 2.00 bits per heavy atom. The van der Waals surface area contributed by atoms with E-state index in [4.69, 9.17) is 5.73 Å². The molecule has 0 fully saturated rings. The van der Waals surface area contributed by atoms with E-state index in [-0.39, 0.29) is 11.3 Å². The molecule has 0 saturated carbocycles. The van der Waals surface area contributed by atoms with Gasteiger partial charge < -0.3 is 11.1 Å². The van der Waals surface area contributed by atoms with Crippen molar-refractivity contribution in [2.24, 2.45) is 11.1 Å². The molecule has 0 bridgehead atoms. The highest BCUT2D eigenvalue weighted by Gasteiger charge is 2.24. The van der Waals surface area contributed by atoms with Crippen LogP contribution in [-0.2, 0) is 16.8 Å². The highest BCUT2D eigenvalue weighted by molar-refractivity contribution is 7.09. The average molecular weight is 269 g/mol. The maximum atomic E-state index is 11.2. The molecule has 0 aromatic carbocycles. The van der Waals surface area contributed by atoms with Gasteiger partial charge in [-0.2, -0.15) is 0 Å². The summed E-state index contributed by atoms with van der Waals surface area (Å²) in [6.07, 6.45) is 0. The number of hydrogen-bond donors (Lipinski definition) is 2. The van der Waals surface area contributed by atoms with Gasteiger partial charge in [0.15, 0.2) is 0 Å². The number of carbonyl (C=O) groups is 1. The molecule has 18 heavy (non-hydrogen) atoms. The molecule has 1 aromatic heterocycles. The molecule has 102 valence electrons. The van der Waals surface area contributed by atoms with Crippen LogP contribution in [0.15, 0.2) is 5.38 Å². The van der Waals surface area contributed by atoms with E-state index in [0.717, 1.165) is 10.7 Å². The Kier molecular flexibility index (Phi) is 4.50. The second-order valence-corrected chi connectivity index (χ2v) is 7.17. The second kappa shape index (κ2) is 5.36. The monoisotopic (exact) mass is 269 g/mol. The Morgan fingerprint density at radius 1 is 1.39 bits per heavy atom. The normalized spacial score (nSPS) is 12.7. The standard InChI is InChI=1S/C13H23N3OS/c1-12(2,3)9-7-18-10(16-9)6-15-8-13(4,5)11(14)17/h7,15H,6,8H2,1-5H3,(H2,14,17). The predicted octanol–water partition coefficient (Wildman–Crippen LogP) is 2.04. The average Bonchev–Trinajstić information content (AvgIpc) is 2.65. The number of primary amides is 1. The van der Waals surface area contributed by atoms with Crippen molar-refractivity contribution in [2.45, 2.75) is 46.6 Å². The van der Waals surface area contributed by atoms with E-state index in [1.165, 1.54) is 0 Å². The van der Waals surface area contributed by atoms with Gasteiger partial charge >= 0.3 is 0 Å². The van der Waals surface area contributed by atoms with Crippen LogP contribution in [0.25, 0.3) is 0 Å². The first-order valence-electron chi connectivity index (χ1n) is 6.08. The van der Waals surface area contributed by atoms with Crippen LogP contribution in [0.4, 0.5) is 0 Å². The molecule has 1 amide bonds. The molecule has 0 aliphatic heterocycles. The van der Waals surface area contributed by atoms with Crippen molar-refractivity contribution in [3.63, 3.8) is 0 Å². The third-order valence-corrected chi connectivity index (χ3v) is 3.68. The first-order chi connectivity index (χ1) is 8.13. The van der Waals surface area contributed by atoms with E-state index in [0.29, 0.717) is 13.1 Å². The smallest absolute Gasteiger partial charge is 0.224 e. The highest BCUT2D eigenvalue weighted by atomic mass is 32.1. The van der Waals surface area contributed by atoms with Crippen molar-refractivity contribution in [1.82, 2.24) is 10.3 Å². The van der Waals surface area contributed by atoms with Crippen LogP contribution >= 0.6 is 11.3 Å². The molecule has 5 heteroatoms. The number of nitrogens with zero attached hydrogens (tertiary/aromatic N) is 1. The van der Waals surface area contributed by atoms with Crippen molar-refractivity contribution >= 4 is 17.2 Å². The van der Waals surface area contributed by atoms with E-state index in [9.17, 15) is 4.79 Å². The van der Waals surface area contributed by atoms with Gasteiger partial charge in [0, 0.05) is 23.9 Å². The fourth-order valence-corrected chi connectivity index (χ4v) is 2.30. The zero-order valence-corrected chi connectivity index (χ0v) is 12.6. The van der Waals surface area contributed by atoms with Crippen LogP contribution in [-0.4, -0.2) is 17.4 Å². The third-order valence-electron chi connectivity index (χ3n) is 2.83. The first kappa shape index (κ1) is 15.1. The Balaban J connectivity index is 2.51. The molecule has 0 atom stereocenters. The molecular formula is C13H23N3OS. The number of nitrogens with two attached hydrogens (primary N) is 1. The maximum Gasteiger partial charge on any atom is 0.224 e. The van der Waals surface area contributed by atoms with Gasteiger partial charge in [-0.05, 0) is 13.8 Å². The molecule has 1 rings (SSSR count). The molecule has 0 radical (unpaired) electrons. The molecule has 0 aliphatic rings. The van der Waals surface area contributed by atoms with Gasteiger partial charge in [-0.15, -0.1) is 11.3 Å². The molecule has 3 N–H and O–H groups in total. The quantitative estimate of drug-likeness (QED) is 0.859. The van der Waals surface area contributed by atoms with E-state index in [1.54, 1.807) is 11.3 Å². The molecule has 0 aliphatic carbocycles. The van der Waals surface area contributed by atoms with Gasteiger partial charge in [0.25, 0.3) is 0 Å². The lowest BCUT2D eigenvalue weighted by Crippen LogP contribution is -2.40. The minimum absolute atomic E-state index is 0.0846. The summed E-state index contributed by atoms with van der Waals surface area (Å²) in [4.78, 5) is 15.8. The molecular weight excluding hydrogens is 246 g/mol. The molecule has 0 unspecified atom stereocenters. The van der Waals surface area contributed by atoms with Crippen molar-refractivity contribution < 1.29 is 4.79 Å². The van der Waals surface area contributed by atoms with Crippen LogP contribution in [0, 0.1) is 5.41 Å². The van der Waals surface area contributed by atoms with Crippen LogP contribution < -0.4 is 11.1 Å². The van der Waals surface area contributed by atoms with E-state index in [2.05, 4.69) is 36.5 Å². The van der Waals surface area contributed by atoms with Crippen LogP contribution in [0.3, 0.4) is 0 Å². The van der Waals surface area contributed by atoms with Gasteiger partial charge in [0.2, 0.25) is 5.91 Å². The number of nitrogens with one attached hydrogen (secondary N) is 1. The fraction of sp³-hybridized carbons (Fsp3) is 0.692. The Hall–Kier alpha value is -0.940. The van der Waals surface area contributed by atoms with Gasteiger partial charge in [-0.1, -0.05) is 20.8 Å². The molecule has 4 nitrogen and oxygen atoms in total. The number of aromatic nitrogens is 1. The van der Waals surface area contributed by atoms with E-state index < -0.39 is 5.41 Å². The Labute approximate surface area is 113 Å². The summed E-state index contributed by atoms with van der Waals surface area (Å²) in [5, 5.41) is 6.37. The zero-order chi connectivity index (χ0) is 14.0. The molecule has 1 heterocycles. The van der Waals surface area contributed by atoms with Crippen molar-refractivity contribution in [1.29, 1.82) is 0 Å². The van der Waals surface area contributed by atoms with E-state index >= 15 is 0 Å². The third kappa shape index (κ3) is 4.07. The summed E-state index contributed by atoms with van der Waals surface area (Å²) in [7, 11) is 0. The lowest BCUT2D eigenvalue weighted by Gasteiger charge is -2.20. The second-order valence-electron chi connectivity index (χ2n) is 6.23. The minimum Gasteiger partial charge on any atom is -0.369 e. The largest absolute Gasteiger partial charge is 0.369 e. The highest BCUT2D eigenvalue weighted by Crippen LogP contribution is 2.23. The van der Waals surface area contributed by atoms with Gasteiger partial charge in [-0.25, -0.2) is 4.98 Å². The summed E-state index contributed by atoms with van der Waals surface area (Å²) in [6.45, 7) is 11.4. The summed E-state index contributed by atoms with van der Waals surface area (Å²) in [5.41, 5.74) is 5.99. The summed E-state index contributed by atoms with van der Waals surface area (Å²) in [6, 6.07) is 0. The van der Waals surface area contributed by atoms with Crippen molar-refractivity contribution in [3.05, 3.63) is 16.1 Å². The maximum absolute atomic E-state index is 11.2. The molecule has 0 saturated heterocycles. The lowest BCUT2D eigenvalue weighted by molar-refractivity contribution is -0.125.